The van der Waals surface area contributed by atoms with Crippen LogP contribution in [0.1, 0.15) is 35.9 Å². The van der Waals surface area contributed by atoms with Crippen LogP contribution in [0.25, 0.3) is 22.1 Å². The van der Waals surface area contributed by atoms with Gasteiger partial charge in [-0.1, -0.05) is 35.3 Å². The summed E-state index contributed by atoms with van der Waals surface area (Å²) in [5.41, 5.74) is 9.02. The molecule has 37 heavy (non-hydrogen) atoms. The highest BCUT2D eigenvalue weighted by molar-refractivity contribution is 6.36. The molecule has 2 aromatic carbocycles. The van der Waals surface area contributed by atoms with Gasteiger partial charge in [-0.05, 0) is 43.7 Å². The monoisotopic (exact) mass is 542 g/mol. The molecular formula is C27H25Cl2FN4O3. The van der Waals surface area contributed by atoms with Gasteiger partial charge in [0.25, 0.3) is 5.91 Å². The van der Waals surface area contributed by atoms with E-state index in [0.717, 1.165) is 24.2 Å². The molecule has 3 heterocycles. The van der Waals surface area contributed by atoms with Gasteiger partial charge in [0.15, 0.2) is 11.4 Å². The Morgan fingerprint density at radius 1 is 1.27 bits per heavy atom. The molecule has 1 amide bonds. The van der Waals surface area contributed by atoms with E-state index >= 15 is 0 Å². The second kappa shape index (κ2) is 10.2. The lowest BCUT2D eigenvalue weighted by Gasteiger charge is -2.34. The van der Waals surface area contributed by atoms with Crippen molar-refractivity contribution in [3.8, 4) is 16.9 Å². The van der Waals surface area contributed by atoms with E-state index in [1.54, 1.807) is 19.4 Å². The minimum absolute atomic E-state index is 0.00591. The lowest BCUT2D eigenvalue weighted by molar-refractivity contribution is 0.0656. The number of carbonyl (C=O) groups is 1. The maximum absolute atomic E-state index is 14.1. The van der Waals surface area contributed by atoms with Crippen LogP contribution in [-0.2, 0) is 0 Å². The number of halogens is 3. The minimum Gasteiger partial charge on any atom is -0.478 e. The van der Waals surface area contributed by atoms with Crippen molar-refractivity contribution in [3.63, 3.8) is 0 Å². The number of ether oxygens (including phenoxy) is 1. The molecule has 1 fully saturated rings. The van der Waals surface area contributed by atoms with Crippen molar-refractivity contribution in [1.82, 2.24) is 15.2 Å². The van der Waals surface area contributed by atoms with Crippen molar-refractivity contribution in [2.45, 2.75) is 26.0 Å². The van der Waals surface area contributed by atoms with Gasteiger partial charge in [-0.2, -0.15) is 0 Å². The number of amides is 1. The molecule has 5 rings (SSSR count). The number of anilines is 1. The molecule has 4 aromatic rings. The van der Waals surface area contributed by atoms with Crippen LogP contribution < -0.4 is 15.8 Å². The van der Waals surface area contributed by atoms with Gasteiger partial charge >= 0.3 is 0 Å². The fourth-order valence-electron chi connectivity index (χ4n) is 4.57. The Bertz CT molecular complexity index is 1480. The lowest BCUT2D eigenvalue weighted by Crippen LogP contribution is -2.52. The molecule has 7 nitrogen and oxygen atoms in total. The average Bonchev–Trinajstić information content (AvgIpc) is 3.32. The summed E-state index contributed by atoms with van der Waals surface area (Å²) in [6, 6.07) is 10.1. The number of hydrogen-bond acceptors (Lipinski definition) is 6. The first kappa shape index (κ1) is 25.3. The van der Waals surface area contributed by atoms with Crippen molar-refractivity contribution in [2.75, 3.05) is 25.4 Å². The highest BCUT2D eigenvalue weighted by atomic mass is 35.5. The van der Waals surface area contributed by atoms with Gasteiger partial charge in [0.05, 0.1) is 16.7 Å². The molecule has 2 aromatic heterocycles. The highest BCUT2D eigenvalue weighted by Crippen LogP contribution is 2.41. The van der Waals surface area contributed by atoms with Crippen LogP contribution in [0.4, 0.5) is 10.2 Å². The molecule has 0 saturated carbocycles. The topological polar surface area (TPSA) is 93.6 Å². The van der Waals surface area contributed by atoms with Crippen LogP contribution >= 0.6 is 23.2 Å². The van der Waals surface area contributed by atoms with Gasteiger partial charge in [0.2, 0.25) is 5.75 Å². The highest BCUT2D eigenvalue weighted by Gasteiger charge is 2.25. The standard InChI is InChI=1S/C27H25Cl2FN4O3/c1-14-11-32-9-10-34(14)27(35)17-5-3-16(4-6-17)19-13-36-24-18(19)12-33-26(31)25(24)37-15(2)22-20(28)7-8-21(30)23(22)29/h3-8,12-15,32H,9-11H2,1-2H3,(H2,31,33). The molecule has 1 saturated heterocycles. The van der Waals surface area contributed by atoms with Crippen LogP contribution in [0, 0.1) is 5.82 Å². The largest absolute Gasteiger partial charge is 0.478 e. The van der Waals surface area contributed by atoms with E-state index in [4.69, 9.17) is 38.1 Å². The Hall–Kier alpha value is -3.33. The number of nitrogens with zero attached hydrogens (tertiary/aromatic N) is 2. The molecule has 0 bridgehead atoms. The summed E-state index contributed by atoms with van der Waals surface area (Å²) in [5.74, 6) is -0.289. The number of hydrogen-bond donors (Lipinski definition) is 2. The Balaban J connectivity index is 1.44. The molecule has 0 radical (unpaired) electrons. The first-order valence-corrected chi connectivity index (χ1v) is 12.6. The van der Waals surface area contributed by atoms with E-state index in [1.165, 1.54) is 12.1 Å². The van der Waals surface area contributed by atoms with Gasteiger partial charge < -0.3 is 25.1 Å². The van der Waals surface area contributed by atoms with Crippen LogP contribution in [0.2, 0.25) is 10.0 Å². The van der Waals surface area contributed by atoms with Crippen molar-refractivity contribution in [2.24, 2.45) is 0 Å². The number of piperazine rings is 1. The van der Waals surface area contributed by atoms with Crippen molar-refractivity contribution in [3.05, 3.63) is 75.8 Å². The van der Waals surface area contributed by atoms with E-state index in [1.807, 2.05) is 36.1 Å². The van der Waals surface area contributed by atoms with E-state index in [9.17, 15) is 9.18 Å². The smallest absolute Gasteiger partial charge is 0.254 e. The SMILES string of the molecule is CC(Oc1c(N)ncc2c(-c3ccc(C(=O)N4CCNCC4C)cc3)coc12)c1c(Cl)ccc(F)c1Cl. The summed E-state index contributed by atoms with van der Waals surface area (Å²) < 4.78 is 26.0. The molecule has 1 aliphatic heterocycles. The number of nitrogen functional groups attached to an aromatic ring is 1. The zero-order valence-corrected chi connectivity index (χ0v) is 21.7. The quantitative estimate of drug-likeness (QED) is 0.296. The average molecular weight is 543 g/mol. The summed E-state index contributed by atoms with van der Waals surface area (Å²) in [6.45, 7) is 5.96. The summed E-state index contributed by atoms with van der Waals surface area (Å²) >= 11 is 12.4. The number of benzene rings is 2. The Morgan fingerprint density at radius 2 is 2.03 bits per heavy atom. The zero-order valence-electron chi connectivity index (χ0n) is 20.2. The van der Waals surface area contributed by atoms with Crippen molar-refractivity contribution in [1.29, 1.82) is 0 Å². The lowest BCUT2D eigenvalue weighted by atomic mass is 10.0. The Morgan fingerprint density at radius 3 is 2.76 bits per heavy atom. The number of nitrogens with one attached hydrogen (secondary N) is 1. The second-order valence-electron chi connectivity index (χ2n) is 9.01. The normalized spacial score (nSPS) is 16.7. The third kappa shape index (κ3) is 4.72. The van der Waals surface area contributed by atoms with Crippen molar-refractivity contribution < 1.29 is 18.3 Å². The van der Waals surface area contributed by atoms with Gasteiger partial charge in [-0.3, -0.25) is 4.79 Å². The van der Waals surface area contributed by atoms with Crippen LogP contribution in [0.15, 0.2) is 53.3 Å². The molecule has 3 N–H and O–H groups in total. The predicted octanol–water partition coefficient (Wildman–Crippen LogP) is 6.10. The molecule has 2 atom stereocenters. The predicted molar refractivity (Wildman–Crippen MR) is 143 cm³/mol. The minimum atomic E-state index is -0.739. The molecule has 10 heteroatoms. The maximum atomic E-state index is 14.1. The molecule has 0 spiro atoms. The van der Waals surface area contributed by atoms with Crippen LogP contribution in [0.3, 0.4) is 0 Å². The Kier molecular flexibility index (Phi) is 6.98. The van der Waals surface area contributed by atoms with E-state index in [2.05, 4.69) is 10.3 Å². The molecule has 1 aliphatic rings. The van der Waals surface area contributed by atoms with E-state index in [0.29, 0.717) is 28.6 Å². The van der Waals surface area contributed by atoms with Gasteiger partial charge in [0.1, 0.15) is 11.9 Å². The molecule has 0 aliphatic carbocycles. The zero-order chi connectivity index (χ0) is 26.3. The van der Waals surface area contributed by atoms with Gasteiger partial charge in [0, 0.05) is 53.6 Å². The second-order valence-corrected chi connectivity index (χ2v) is 9.80. The number of rotatable bonds is 5. The number of fused-ring (bicyclic) bond motifs is 1. The maximum Gasteiger partial charge on any atom is 0.254 e. The first-order valence-electron chi connectivity index (χ1n) is 11.8. The summed E-state index contributed by atoms with van der Waals surface area (Å²) in [6.07, 6.45) is 2.45. The first-order chi connectivity index (χ1) is 17.8. The van der Waals surface area contributed by atoms with Crippen LogP contribution in [-0.4, -0.2) is 41.5 Å². The number of pyridine rings is 1. The van der Waals surface area contributed by atoms with Crippen LogP contribution in [0.5, 0.6) is 5.75 Å². The third-order valence-electron chi connectivity index (χ3n) is 6.59. The fourth-order valence-corrected chi connectivity index (χ4v) is 5.25. The summed E-state index contributed by atoms with van der Waals surface area (Å²) in [7, 11) is 0. The summed E-state index contributed by atoms with van der Waals surface area (Å²) in [5, 5.41) is 4.11. The molecular weight excluding hydrogens is 518 g/mol. The van der Waals surface area contributed by atoms with Gasteiger partial charge in [-0.15, -0.1) is 0 Å². The number of aromatic nitrogens is 1. The molecule has 2 unspecified atom stereocenters. The summed E-state index contributed by atoms with van der Waals surface area (Å²) in [4.78, 5) is 19.1. The Labute approximate surface area is 223 Å². The van der Waals surface area contributed by atoms with E-state index in [-0.39, 0.29) is 33.6 Å². The fraction of sp³-hybridized carbons (Fsp3) is 0.259. The number of carbonyl (C=O) groups excluding carboxylic acids is 1. The van der Waals surface area contributed by atoms with E-state index < -0.39 is 11.9 Å². The van der Waals surface area contributed by atoms with Gasteiger partial charge in [-0.25, -0.2) is 9.37 Å². The third-order valence-corrected chi connectivity index (χ3v) is 7.30. The number of furan rings is 1. The van der Waals surface area contributed by atoms with Crippen molar-refractivity contribution >= 4 is 45.9 Å². The number of nitrogens with two attached hydrogens (primary N) is 1. The molecule has 192 valence electrons.